The minimum absolute atomic E-state index is 0.00192. The predicted octanol–water partition coefficient (Wildman–Crippen LogP) is 1.94. The zero-order valence-electron chi connectivity index (χ0n) is 11.8. The molecule has 0 bridgehead atoms. The first-order valence-corrected chi connectivity index (χ1v) is 7.51. The number of amides is 1. The molecule has 1 aliphatic rings. The fourth-order valence-corrected chi connectivity index (χ4v) is 2.80. The van der Waals surface area contributed by atoms with E-state index >= 15 is 0 Å². The van der Waals surface area contributed by atoms with Gasteiger partial charge < -0.3 is 11.1 Å². The Hall–Kier alpha value is -1.10. The Labute approximate surface area is 125 Å². The number of hydrogen-bond acceptors (Lipinski definition) is 3. The van der Waals surface area contributed by atoms with E-state index in [1.807, 2.05) is 24.3 Å². The van der Waals surface area contributed by atoms with Gasteiger partial charge >= 0.3 is 0 Å². The number of benzene rings is 1. The van der Waals surface area contributed by atoms with Crippen molar-refractivity contribution in [2.24, 2.45) is 5.73 Å². The van der Waals surface area contributed by atoms with Crippen LogP contribution in [0.25, 0.3) is 0 Å². The van der Waals surface area contributed by atoms with Crippen LogP contribution < -0.4 is 11.1 Å². The average Bonchev–Trinajstić information content (AvgIpc) is 2.65. The summed E-state index contributed by atoms with van der Waals surface area (Å²) in [5.41, 5.74) is 7.43. The first kappa shape index (κ1) is 15.3. The van der Waals surface area contributed by atoms with Crippen LogP contribution in [0.5, 0.6) is 0 Å². The molecule has 1 aromatic carbocycles. The Morgan fingerprint density at radius 2 is 2.10 bits per heavy atom. The summed E-state index contributed by atoms with van der Waals surface area (Å²) in [6.45, 7) is 4.09. The van der Waals surface area contributed by atoms with Gasteiger partial charge in [0, 0.05) is 24.2 Å². The van der Waals surface area contributed by atoms with Crippen LogP contribution in [0.2, 0.25) is 5.02 Å². The van der Waals surface area contributed by atoms with Crippen LogP contribution in [-0.2, 0) is 4.79 Å². The maximum Gasteiger partial charge on any atom is 0.234 e. The highest BCUT2D eigenvalue weighted by Gasteiger charge is 2.28. The van der Waals surface area contributed by atoms with Gasteiger partial charge in [-0.1, -0.05) is 30.7 Å². The molecule has 0 aliphatic carbocycles. The smallest absolute Gasteiger partial charge is 0.234 e. The average molecular weight is 296 g/mol. The summed E-state index contributed by atoms with van der Waals surface area (Å²) in [5.74, 6) is 0.0739. The van der Waals surface area contributed by atoms with Gasteiger partial charge in [-0.2, -0.15) is 0 Å². The molecule has 1 aliphatic heterocycles. The number of nitrogens with zero attached hydrogens (tertiary/aromatic N) is 1. The minimum atomic E-state index is 0.00192. The predicted molar refractivity (Wildman–Crippen MR) is 81.7 cm³/mol. The summed E-state index contributed by atoms with van der Waals surface area (Å²) in [6, 6.07) is 7.83. The molecule has 0 spiro atoms. The first-order chi connectivity index (χ1) is 9.61. The highest BCUT2D eigenvalue weighted by atomic mass is 35.5. The molecule has 0 aromatic heterocycles. The lowest BCUT2D eigenvalue weighted by atomic mass is 9.96. The number of nitrogens with two attached hydrogens (primary N) is 1. The summed E-state index contributed by atoms with van der Waals surface area (Å²) < 4.78 is 0. The highest BCUT2D eigenvalue weighted by molar-refractivity contribution is 6.30. The van der Waals surface area contributed by atoms with Crippen molar-refractivity contribution in [2.75, 3.05) is 19.6 Å². The highest BCUT2D eigenvalue weighted by Crippen LogP contribution is 2.27. The van der Waals surface area contributed by atoms with E-state index in [1.165, 1.54) is 0 Å². The van der Waals surface area contributed by atoms with Crippen LogP contribution in [-0.4, -0.2) is 36.5 Å². The number of rotatable bonds is 4. The molecule has 20 heavy (non-hydrogen) atoms. The molecule has 1 amide bonds. The summed E-state index contributed by atoms with van der Waals surface area (Å²) >= 11 is 5.96. The molecule has 1 aromatic rings. The van der Waals surface area contributed by atoms with E-state index in [9.17, 15) is 4.79 Å². The van der Waals surface area contributed by atoms with Gasteiger partial charge in [0.1, 0.15) is 0 Å². The number of hydrogen-bond donors (Lipinski definition) is 2. The standard InChI is InChI=1S/C15H22ClN3O/c1-2-13(17)15(11-4-6-12(16)7-5-11)19-9-3-8-18-14(20)10-19/h4-7,13,15H,2-3,8-10,17H2,1H3,(H,18,20). The molecule has 4 nitrogen and oxygen atoms in total. The van der Waals surface area contributed by atoms with Crippen molar-refractivity contribution in [3.63, 3.8) is 0 Å². The second-order valence-electron chi connectivity index (χ2n) is 5.24. The third-order valence-electron chi connectivity index (χ3n) is 3.77. The fourth-order valence-electron chi connectivity index (χ4n) is 2.68. The molecule has 5 heteroatoms. The molecule has 1 heterocycles. The van der Waals surface area contributed by atoms with Crippen molar-refractivity contribution in [3.05, 3.63) is 34.9 Å². The van der Waals surface area contributed by atoms with Gasteiger partial charge in [-0.05, 0) is 30.5 Å². The maximum absolute atomic E-state index is 11.8. The number of carbonyl (C=O) groups excluding carboxylic acids is 1. The van der Waals surface area contributed by atoms with Crippen molar-refractivity contribution >= 4 is 17.5 Å². The molecule has 2 atom stereocenters. The molecule has 2 unspecified atom stereocenters. The number of nitrogens with one attached hydrogen (secondary N) is 1. The maximum atomic E-state index is 11.8. The molecule has 1 fully saturated rings. The van der Waals surface area contributed by atoms with Gasteiger partial charge in [-0.25, -0.2) is 0 Å². The molecule has 2 rings (SSSR count). The fraction of sp³-hybridized carbons (Fsp3) is 0.533. The van der Waals surface area contributed by atoms with Crippen molar-refractivity contribution in [2.45, 2.75) is 31.8 Å². The third-order valence-corrected chi connectivity index (χ3v) is 4.02. The van der Waals surface area contributed by atoms with Gasteiger partial charge in [0.15, 0.2) is 0 Å². The molecule has 3 N–H and O–H groups in total. The second kappa shape index (κ2) is 7.07. The SMILES string of the molecule is CCC(N)C(c1ccc(Cl)cc1)N1CCCNC(=O)C1. The van der Waals surface area contributed by atoms with Crippen molar-refractivity contribution in [3.8, 4) is 0 Å². The van der Waals surface area contributed by atoms with Crippen LogP contribution in [0.3, 0.4) is 0 Å². The summed E-state index contributed by atoms with van der Waals surface area (Å²) in [6.07, 6.45) is 1.82. The molecule has 0 radical (unpaired) electrons. The Balaban J connectivity index is 2.26. The first-order valence-electron chi connectivity index (χ1n) is 7.13. The largest absolute Gasteiger partial charge is 0.355 e. The lowest BCUT2D eigenvalue weighted by Gasteiger charge is -2.34. The van der Waals surface area contributed by atoms with Gasteiger partial charge in [0.05, 0.1) is 12.6 Å². The van der Waals surface area contributed by atoms with Crippen LogP contribution in [0.1, 0.15) is 31.4 Å². The van der Waals surface area contributed by atoms with E-state index in [2.05, 4.69) is 17.1 Å². The summed E-state index contributed by atoms with van der Waals surface area (Å²) in [4.78, 5) is 14.0. The molecule has 110 valence electrons. The molecular weight excluding hydrogens is 274 g/mol. The molecule has 0 saturated carbocycles. The zero-order chi connectivity index (χ0) is 14.5. The lowest BCUT2D eigenvalue weighted by molar-refractivity contribution is -0.122. The number of carbonyl (C=O) groups is 1. The Morgan fingerprint density at radius 3 is 2.75 bits per heavy atom. The normalized spacial score (nSPS) is 20.1. The zero-order valence-corrected chi connectivity index (χ0v) is 12.6. The Bertz CT molecular complexity index is 449. The van der Waals surface area contributed by atoms with Crippen molar-refractivity contribution < 1.29 is 4.79 Å². The van der Waals surface area contributed by atoms with Gasteiger partial charge in [0.2, 0.25) is 5.91 Å². The van der Waals surface area contributed by atoms with Gasteiger partial charge in [-0.3, -0.25) is 9.69 Å². The van der Waals surface area contributed by atoms with E-state index in [0.29, 0.717) is 11.6 Å². The Kier molecular flexibility index (Phi) is 5.40. The van der Waals surface area contributed by atoms with E-state index in [4.69, 9.17) is 17.3 Å². The summed E-state index contributed by atoms with van der Waals surface area (Å²) in [5, 5.41) is 3.62. The summed E-state index contributed by atoms with van der Waals surface area (Å²) in [7, 11) is 0. The van der Waals surface area contributed by atoms with Gasteiger partial charge in [-0.15, -0.1) is 0 Å². The van der Waals surface area contributed by atoms with Crippen molar-refractivity contribution in [1.82, 2.24) is 10.2 Å². The molecule has 1 saturated heterocycles. The van der Waals surface area contributed by atoms with Crippen LogP contribution in [0.15, 0.2) is 24.3 Å². The van der Waals surface area contributed by atoms with Crippen LogP contribution >= 0.6 is 11.6 Å². The third kappa shape index (κ3) is 3.72. The van der Waals surface area contributed by atoms with Crippen molar-refractivity contribution in [1.29, 1.82) is 0 Å². The van der Waals surface area contributed by atoms with E-state index < -0.39 is 0 Å². The minimum Gasteiger partial charge on any atom is -0.355 e. The molecular formula is C15H22ClN3O. The van der Waals surface area contributed by atoms with E-state index in [-0.39, 0.29) is 18.0 Å². The monoisotopic (exact) mass is 295 g/mol. The van der Waals surface area contributed by atoms with Crippen LogP contribution in [0.4, 0.5) is 0 Å². The quantitative estimate of drug-likeness (QED) is 0.892. The van der Waals surface area contributed by atoms with Gasteiger partial charge in [0.25, 0.3) is 0 Å². The number of halogens is 1. The van der Waals surface area contributed by atoms with E-state index in [0.717, 1.165) is 31.5 Å². The van der Waals surface area contributed by atoms with Crippen LogP contribution in [0, 0.1) is 0 Å². The Morgan fingerprint density at radius 1 is 1.40 bits per heavy atom. The second-order valence-corrected chi connectivity index (χ2v) is 5.68. The van der Waals surface area contributed by atoms with E-state index in [1.54, 1.807) is 0 Å². The lowest BCUT2D eigenvalue weighted by Crippen LogP contribution is -2.43. The topological polar surface area (TPSA) is 58.4 Å².